The highest BCUT2D eigenvalue weighted by atomic mass is 32.2. The standard InChI is InChI=1S/C24H28N4O5S/c1-17-15-28(16-18(2)33-17)24(30)21-6-4-19(5-7-21)14-26-23(29)20-8-10-22(11-9-20)34(31,32)27-13-3-12-25/h4-11,17-18,27H,3,13-16H2,1-2H3,(H,26,29). The summed E-state index contributed by atoms with van der Waals surface area (Å²) in [7, 11) is -3.73. The second kappa shape index (κ2) is 11.2. The Morgan fingerprint density at radius 1 is 1.03 bits per heavy atom. The van der Waals surface area contributed by atoms with Gasteiger partial charge in [0.2, 0.25) is 10.0 Å². The van der Waals surface area contributed by atoms with Gasteiger partial charge in [-0.1, -0.05) is 12.1 Å². The van der Waals surface area contributed by atoms with E-state index in [2.05, 4.69) is 10.0 Å². The van der Waals surface area contributed by atoms with Crippen molar-refractivity contribution in [3.63, 3.8) is 0 Å². The van der Waals surface area contributed by atoms with Gasteiger partial charge in [0.05, 0.1) is 23.2 Å². The average Bonchev–Trinajstić information content (AvgIpc) is 2.82. The van der Waals surface area contributed by atoms with Crippen molar-refractivity contribution < 1.29 is 22.7 Å². The molecule has 0 aliphatic carbocycles. The second-order valence-electron chi connectivity index (χ2n) is 8.18. The summed E-state index contributed by atoms with van der Waals surface area (Å²) in [5.74, 6) is -0.396. The van der Waals surface area contributed by atoms with E-state index in [0.717, 1.165) is 5.56 Å². The fraction of sp³-hybridized carbons (Fsp3) is 0.375. The molecule has 180 valence electrons. The molecule has 2 amide bonds. The number of rotatable bonds is 8. The van der Waals surface area contributed by atoms with Crippen LogP contribution >= 0.6 is 0 Å². The van der Waals surface area contributed by atoms with Crippen molar-refractivity contribution in [3.8, 4) is 6.07 Å². The predicted octanol–water partition coefficient (Wildman–Crippen LogP) is 2.06. The van der Waals surface area contributed by atoms with Crippen LogP contribution in [0, 0.1) is 11.3 Å². The molecule has 34 heavy (non-hydrogen) atoms. The largest absolute Gasteiger partial charge is 0.372 e. The minimum atomic E-state index is -3.73. The van der Waals surface area contributed by atoms with Crippen molar-refractivity contribution in [2.24, 2.45) is 0 Å². The maximum atomic E-state index is 12.8. The van der Waals surface area contributed by atoms with Gasteiger partial charge in [-0.2, -0.15) is 5.26 Å². The number of sulfonamides is 1. The van der Waals surface area contributed by atoms with Crippen molar-refractivity contribution >= 4 is 21.8 Å². The van der Waals surface area contributed by atoms with Crippen LogP contribution in [0.1, 0.15) is 46.5 Å². The summed E-state index contributed by atoms with van der Waals surface area (Å²) in [6, 6.07) is 14.5. The maximum Gasteiger partial charge on any atom is 0.254 e. The molecule has 2 aromatic carbocycles. The summed E-state index contributed by atoms with van der Waals surface area (Å²) in [5, 5.41) is 11.3. The summed E-state index contributed by atoms with van der Waals surface area (Å²) in [6.07, 6.45) is 0.0629. The lowest BCUT2D eigenvalue weighted by Gasteiger charge is -2.35. The SMILES string of the molecule is CC1CN(C(=O)c2ccc(CNC(=O)c3ccc(S(=O)(=O)NCCC#N)cc3)cc2)CC(C)O1. The zero-order valence-corrected chi connectivity index (χ0v) is 20.0. The molecule has 1 aliphatic heterocycles. The lowest BCUT2D eigenvalue weighted by molar-refractivity contribution is -0.0586. The molecule has 1 heterocycles. The van der Waals surface area contributed by atoms with Crippen LogP contribution in [0.3, 0.4) is 0 Å². The fourth-order valence-electron chi connectivity index (χ4n) is 3.69. The Bertz CT molecular complexity index is 1150. The van der Waals surface area contributed by atoms with Crippen LogP contribution in [0.5, 0.6) is 0 Å². The van der Waals surface area contributed by atoms with E-state index >= 15 is 0 Å². The summed E-state index contributed by atoms with van der Waals surface area (Å²) >= 11 is 0. The highest BCUT2D eigenvalue weighted by molar-refractivity contribution is 7.89. The summed E-state index contributed by atoms with van der Waals surface area (Å²) in [5.41, 5.74) is 1.73. The van der Waals surface area contributed by atoms with E-state index in [1.165, 1.54) is 24.3 Å². The first-order valence-electron chi connectivity index (χ1n) is 11.0. The number of hydrogen-bond donors (Lipinski definition) is 2. The first-order valence-corrected chi connectivity index (χ1v) is 12.5. The smallest absolute Gasteiger partial charge is 0.254 e. The predicted molar refractivity (Wildman–Crippen MR) is 125 cm³/mol. The van der Waals surface area contributed by atoms with Gasteiger partial charge < -0.3 is 15.0 Å². The Balaban J connectivity index is 1.55. The van der Waals surface area contributed by atoms with Gasteiger partial charge in [0.25, 0.3) is 11.8 Å². The van der Waals surface area contributed by atoms with Gasteiger partial charge >= 0.3 is 0 Å². The first kappa shape index (κ1) is 25.4. The normalized spacial score (nSPS) is 18.2. The molecule has 3 rings (SSSR count). The zero-order valence-electron chi connectivity index (χ0n) is 19.2. The molecule has 2 aromatic rings. The van der Waals surface area contributed by atoms with Gasteiger partial charge in [-0.15, -0.1) is 0 Å². The molecule has 2 N–H and O–H groups in total. The molecule has 1 saturated heterocycles. The first-order chi connectivity index (χ1) is 16.2. The van der Waals surface area contributed by atoms with Crippen molar-refractivity contribution in [2.45, 2.75) is 43.9 Å². The van der Waals surface area contributed by atoms with Crippen LogP contribution in [0.4, 0.5) is 0 Å². The molecule has 0 radical (unpaired) electrons. The van der Waals surface area contributed by atoms with Crippen molar-refractivity contribution in [3.05, 3.63) is 65.2 Å². The summed E-state index contributed by atoms with van der Waals surface area (Å²) in [6.45, 7) is 5.28. The van der Waals surface area contributed by atoms with Crippen molar-refractivity contribution in [1.29, 1.82) is 5.26 Å². The number of nitrogens with one attached hydrogen (secondary N) is 2. The Kier molecular flexibility index (Phi) is 8.39. The Hall–Kier alpha value is -3.26. The minimum absolute atomic E-state index is 0.00353. The van der Waals surface area contributed by atoms with Crippen LogP contribution in [0.15, 0.2) is 53.4 Å². The van der Waals surface area contributed by atoms with E-state index in [4.69, 9.17) is 10.00 Å². The third kappa shape index (κ3) is 6.63. The van der Waals surface area contributed by atoms with Crippen molar-refractivity contribution in [1.82, 2.24) is 14.9 Å². The molecule has 10 heteroatoms. The molecule has 1 aliphatic rings. The van der Waals surface area contributed by atoms with E-state index in [0.29, 0.717) is 24.2 Å². The van der Waals surface area contributed by atoms with E-state index in [9.17, 15) is 18.0 Å². The van der Waals surface area contributed by atoms with E-state index < -0.39 is 10.0 Å². The molecule has 0 bridgehead atoms. The number of benzene rings is 2. The van der Waals surface area contributed by atoms with Crippen LogP contribution in [0.25, 0.3) is 0 Å². The zero-order chi connectivity index (χ0) is 24.7. The number of nitrogens with zero attached hydrogens (tertiary/aromatic N) is 2. The number of nitriles is 1. The number of amides is 2. The van der Waals surface area contributed by atoms with E-state index in [-0.39, 0.29) is 48.4 Å². The number of morpholine rings is 1. The number of carbonyl (C=O) groups is 2. The Morgan fingerprint density at radius 2 is 1.62 bits per heavy atom. The molecule has 2 atom stereocenters. The van der Waals surface area contributed by atoms with Gasteiger partial charge in [-0.25, -0.2) is 13.1 Å². The summed E-state index contributed by atoms with van der Waals surface area (Å²) in [4.78, 5) is 27.0. The lowest BCUT2D eigenvalue weighted by Crippen LogP contribution is -2.48. The number of ether oxygens (including phenoxy) is 1. The second-order valence-corrected chi connectivity index (χ2v) is 9.94. The molecular formula is C24H28N4O5S. The van der Waals surface area contributed by atoms with Crippen LogP contribution in [-0.2, 0) is 21.3 Å². The Labute approximate surface area is 199 Å². The number of carbonyl (C=O) groups excluding carboxylic acids is 2. The Morgan fingerprint density at radius 3 is 2.21 bits per heavy atom. The monoisotopic (exact) mass is 484 g/mol. The molecular weight excluding hydrogens is 456 g/mol. The van der Waals surface area contributed by atoms with Gasteiger partial charge in [-0.05, 0) is 55.8 Å². The van der Waals surface area contributed by atoms with Gasteiger partial charge in [0, 0.05) is 43.7 Å². The fourth-order valence-corrected chi connectivity index (χ4v) is 4.72. The number of hydrogen-bond acceptors (Lipinski definition) is 6. The van der Waals surface area contributed by atoms with Gasteiger partial charge in [0.1, 0.15) is 0 Å². The highest BCUT2D eigenvalue weighted by Gasteiger charge is 2.26. The lowest BCUT2D eigenvalue weighted by atomic mass is 10.1. The van der Waals surface area contributed by atoms with Gasteiger partial charge in [0.15, 0.2) is 0 Å². The third-order valence-corrected chi connectivity index (χ3v) is 6.79. The molecule has 0 spiro atoms. The van der Waals surface area contributed by atoms with Gasteiger partial charge in [-0.3, -0.25) is 9.59 Å². The maximum absolute atomic E-state index is 12.8. The highest BCUT2D eigenvalue weighted by Crippen LogP contribution is 2.15. The van der Waals surface area contributed by atoms with Crippen LogP contribution in [0.2, 0.25) is 0 Å². The minimum Gasteiger partial charge on any atom is -0.372 e. The molecule has 0 aromatic heterocycles. The quantitative estimate of drug-likeness (QED) is 0.552. The van der Waals surface area contributed by atoms with E-state index in [1.807, 2.05) is 19.9 Å². The van der Waals surface area contributed by atoms with Crippen molar-refractivity contribution in [2.75, 3.05) is 19.6 Å². The van der Waals surface area contributed by atoms with Crippen LogP contribution in [-0.4, -0.2) is 57.0 Å². The van der Waals surface area contributed by atoms with E-state index in [1.54, 1.807) is 29.2 Å². The van der Waals surface area contributed by atoms with Crippen LogP contribution < -0.4 is 10.0 Å². The molecule has 2 unspecified atom stereocenters. The molecule has 1 fully saturated rings. The third-order valence-electron chi connectivity index (χ3n) is 5.32. The average molecular weight is 485 g/mol. The molecule has 0 saturated carbocycles. The topological polar surface area (TPSA) is 129 Å². The molecule has 9 nitrogen and oxygen atoms in total. The summed E-state index contributed by atoms with van der Waals surface area (Å²) < 4.78 is 32.3.